The Morgan fingerprint density at radius 1 is 0.943 bits per heavy atom. The highest BCUT2D eigenvalue weighted by atomic mass is 32.2. The Bertz CT molecular complexity index is 1290. The molecule has 1 aromatic carbocycles. The molecule has 0 unspecified atom stereocenters. The Morgan fingerprint density at radius 3 is 2.26 bits per heavy atom. The number of alkyl halides is 3. The fourth-order valence-corrected chi connectivity index (χ4v) is 5.06. The second-order valence-electron chi connectivity index (χ2n) is 7.91. The largest absolute Gasteiger partial charge is 0.573 e. The second-order valence-corrected chi connectivity index (χ2v) is 9.85. The first kappa shape index (κ1) is 24.7. The van der Waals surface area contributed by atoms with E-state index in [1.165, 1.54) is 4.31 Å². The van der Waals surface area contributed by atoms with Gasteiger partial charge in [0.1, 0.15) is 29.0 Å². The highest BCUT2D eigenvalue weighted by Gasteiger charge is 2.32. The first-order valence-corrected chi connectivity index (χ1v) is 12.1. The number of ether oxygens (including phenoxy) is 1. The second kappa shape index (κ2) is 9.66. The average Bonchev–Trinajstić information content (AvgIpc) is 2.78. The standard InChI is InChI=1S/C22H23F3N6O3S/c1-15-7-8-26-19(13-15)29-20-14-21(28-16(2)27-20)30-9-11-31(12-10-30)35(32,33)18-5-3-17(4-6-18)34-22(23,24)25/h3-8,13-14H,9-12H2,1-2H3,(H,26,27,28,29). The summed E-state index contributed by atoms with van der Waals surface area (Å²) in [6.07, 6.45) is -3.15. The van der Waals surface area contributed by atoms with E-state index < -0.39 is 22.1 Å². The van der Waals surface area contributed by atoms with Crippen molar-refractivity contribution in [2.75, 3.05) is 36.4 Å². The van der Waals surface area contributed by atoms with E-state index in [0.717, 1.165) is 29.8 Å². The molecule has 13 heteroatoms. The van der Waals surface area contributed by atoms with Crippen molar-refractivity contribution in [3.05, 3.63) is 60.0 Å². The lowest BCUT2D eigenvalue weighted by molar-refractivity contribution is -0.274. The van der Waals surface area contributed by atoms with Crippen molar-refractivity contribution in [1.82, 2.24) is 19.3 Å². The first-order valence-electron chi connectivity index (χ1n) is 10.7. The van der Waals surface area contributed by atoms with Gasteiger partial charge in [0.15, 0.2) is 0 Å². The SMILES string of the molecule is Cc1ccnc(Nc2cc(N3CCN(S(=O)(=O)c4ccc(OC(F)(F)F)cc4)CC3)nc(C)n2)c1. The summed E-state index contributed by atoms with van der Waals surface area (Å²) in [5.74, 6) is 1.94. The summed E-state index contributed by atoms with van der Waals surface area (Å²) < 4.78 is 68.1. The van der Waals surface area contributed by atoms with Gasteiger partial charge in [0.05, 0.1) is 4.90 Å². The third-order valence-electron chi connectivity index (χ3n) is 5.25. The summed E-state index contributed by atoms with van der Waals surface area (Å²) in [6.45, 7) is 4.87. The minimum atomic E-state index is -4.85. The Hall–Kier alpha value is -3.45. The molecule has 0 radical (unpaired) electrons. The van der Waals surface area contributed by atoms with Crippen molar-refractivity contribution in [2.24, 2.45) is 0 Å². The van der Waals surface area contributed by atoms with Crippen LogP contribution in [0.3, 0.4) is 0 Å². The molecule has 0 aliphatic carbocycles. The molecular formula is C22H23F3N6O3S. The number of piperazine rings is 1. The zero-order chi connectivity index (χ0) is 25.2. The van der Waals surface area contributed by atoms with Crippen LogP contribution in [-0.4, -0.2) is 60.2 Å². The summed E-state index contributed by atoms with van der Waals surface area (Å²) >= 11 is 0. The van der Waals surface area contributed by atoms with E-state index >= 15 is 0 Å². The molecule has 0 spiro atoms. The molecule has 0 atom stereocenters. The molecule has 1 aliphatic rings. The van der Waals surface area contributed by atoms with E-state index in [1.54, 1.807) is 19.2 Å². The molecule has 4 rings (SSSR count). The third-order valence-corrected chi connectivity index (χ3v) is 7.17. The summed E-state index contributed by atoms with van der Waals surface area (Å²) in [5, 5.41) is 3.16. The molecule has 9 nitrogen and oxygen atoms in total. The van der Waals surface area contributed by atoms with Gasteiger partial charge < -0.3 is 15.0 Å². The zero-order valence-corrected chi connectivity index (χ0v) is 19.8. The number of aromatic nitrogens is 3. The number of rotatable bonds is 6. The number of anilines is 3. The van der Waals surface area contributed by atoms with Gasteiger partial charge in [-0.3, -0.25) is 0 Å². The van der Waals surface area contributed by atoms with Crippen LogP contribution in [0.4, 0.5) is 30.6 Å². The van der Waals surface area contributed by atoms with Crippen molar-refractivity contribution >= 4 is 27.5 Å². The predicted octanol–water partition coefficient (Wildman–Crippen LogP) is 3.64. The van der Waals surface area contributed by atoms with E-state index in [4.69, 9.17) is 0 Å². The van der Waals surface area contributed by atoms with Gasteiger partial charge in [0.2, 0.25) is 10.0 Å². The van der Waals surface area contributed by atoms with Crippen LogP contribution < -0.4 is 15.0 Å². The van der Waals surface area contributed by atoms with Gasteiger partial charge in [-0.1, -0.05) is 0 Å². The average molecular weight is 509 g/mol. The predicted molar refractivity (Wildman–Crippen MR) is 123 cm³/mol. The van der Waals surface area contributed by atoms with Gasteiger partial charge in [-0.15, -0.1) is 13.2 Å². The first-order chi connectivity index (χ1) is 16.5. The lowest BCUT2D eigenvalue weighted by Gasteiger charge is -2.34. The molecule has 35 heavy (non-hydrogen) atoms. The fraction of sp³-hybridized carbons (Fsp3) is 0.318. The minimum Gasteiger partial charge on any atom is -0.406 e. The number of nitrogens with zero attached hydrogens (tertiary/aromatic N) is 5. The van der Waals surface area contributed by atoms with Crippen LogP contribution in [0.1, 0.15) is 11.4 Å². The molecule has 3 heterocycles. The Balaban J connectivity index is 1.43. The van der Waals surface area contributed by atoms with Crippen LogP contribution in [0, 0.1) is 13.8 Å². The van der Waals surface area contributed by atoms with Crippen molar-refractivity contribution in [1.29, 1.82) is 0 Å². The number of hydrogen-bond acceptors (Lipinski definition) is 8. The number of nitrogens with one attached hydrogen (secondary N) is 1. The number of pyridine rings is 1. The molecule has 3 aromatic rings. The molecule has 1 aliphatic heterocycles. The lowest BCUT2D eigenvalue weighted by atomic mass is 10.3. The zero-order valence-electron chi connectivity index (χ0n) is 19.0. The van der Waals surface area contributed by atoms with Gasteiger partial charge in [-0.05, 0) is 55.8 Å². The van der Waals surface area contributed by atoms with Crippen LogP contribution in [0.25, 0.3) is 0 Å². The molecule has 186 valence electrons. The quantitative estimate of drug-likeness (QED) is 0.539. The van der Waals surface area contributed by atoms with Gasteiger partial charge in [0, 0.05) is 38.4 Å². The molecular weight excluding hydrogens is 485 g/mol. The van der Waals surface area contributed by atoms with Crippen LogP contribution in [-0.2, 0) is 10.0 Å². The molecule has 1 saturated heterocycles. The normalized spacial score (nSPS) is 15.2. The maximum Gasteiger partial charge on any atom is 0.573 e. The number of benzene rings is 1. The van der Waals surface area contributed by atoms with E-state index in [-0.39, 0.29) is 18.0 Å². The summed E-state index contributed by atoms with van der Waals surface area (Å²) in [5.41, 5.74) is 1.05. The molecule has 1 N–H and O–H groups in total. The van der Waals surface area contributed by atoms with Gasteiger partial charge in [-0.25, -0.2) is 23.4 Å². The van der Waals surface area contributed by atoms with Crippen molar-refractivity contribution in [3.8, 4) is 5.75 Å². The van der Waals surface area contributed by atoms with Crippen molar-refractivity contribution in [2.45, 2.75) is 25.1 Å². The summed E-state index contributed by atoms with van der Waals surface area (Å²) in [7, 11) is -3.87. The minimum absolute atomic E-state index is 0.101. The van der Waals surface area contributed by atoms with Gasteiger partial charge in [0.25, 0.3) is 0 Å². The van der Waals surface area contributed by atoms with Crippen molar-refractivity contribution in [3.63, 3.8) is 0 Å². The number of hydrogen-bond donors (Lipinski definition) is 1. The Morgan fingerprint density at radius 2 is 1.63 bits per heavy atom. The van der Waals surface area contributed by atoms with Crippen LogP contribution >= 0.6 is 0 Å². The highest BCUT2D eigenvalue weighted by molar-refractivity contribution is 7.89. The highest BCUT2D eigenvalue weighted by Crippen LogP contribution is 2.26. The van der Waals surface area contributed by atoms with E-state index in [0.29, 0.717) is 36.4 Å². The maximum atomic E-state index is 13.0. The smallest absolute Gasteiger partial charge is 0.406 e. The lowest BCUT2D eigenvalue weighted by Crippen LogP contribution is -2.49. The number of aryl methyl sites for hydroxylation is 2. The number of sulfonamides is 1. The molecule has 0 amide bonds. The third kappa shape index (κ3) is 6.17. The van der Waals surface area contributed by atoms with E-state index in [9.17, 15) is 21.6 Å². The van der Waals surface area contributed by atoms with Gasteiger partial charge >= 0.3 is 6.36 Å². The van der Waals surface area contributed by atoms with Crippen LogP contribution in [0.2, 0.25) is 0 Å². The van der Waals surface area contributed by atoms with Crippen LogP contribution in [0.15, 0.2) is 53.6 Å². The molecule has 0 saturated carbocycles. The fourth-order valence-electron chi connectivity index (χ4n) is 3.63. The van der Waals surface area contributed by atoms with E-state index in [2.05, 4.69) is 25.0 Å². The molecule has 0 bridgehead atoms. The Kier molecular flexibility index (Phi) is 6.81. The van der Waals surface area contributed by atoms with Gasteiger partial charge in [-0.2, -0.15) is 4.31 Å². The van der Waals surface area contributed by atoms with Crippen LogP contribution in [0.5, 0.6) is 5.75 Å². The molecule has 1 fully saturated rings. The number of halogens is 3. The summed E-state index contributed by atoms with van der Waals surface area (Å²) in [6, 6.07) is 9.74. The van der Waals surface area contributed by atoms with Crippen molar-refractivity contribution < 1.29 is 26.3 Å². The monoisotopic (exact) mass is 508 g/mol. The topological polar surface area (TPSA) is 101 Å². The summed E-state index contributed by atoms with van der Waals surface area (Å²) in [4.78, 5) is 15.0. The maximum absolute atomic E-state index is 13.0. The molecule has 2 aromatic heterocycles. The Labute approximate surface area is 200 Å². The van der Waals surface area contributed by atoms with E-state index in [1.807, 2.05) is 24.0 Å².